The standard InChI is InChI=1S/C22H22ClFN4O3/c1-13-20(27-12-26-13)11-25-18-10-15(5-8-17(18)24)21(29)28-19(22(30)31-2)9-14-3-6-16(23)7-4-14/h3-8,10,12,19,25H,9,11H2,1-2H3,(H,26,27)(H,28,29)/t19-/m1/s1. The van der Waals surface area contributed by atoms with Gasteiger partial charge in [-0.15, -0.1) is 0 Å². The lowest BCUT2D eigenvalue weighted by Gasteiger charge is -2.17. The number of esters is 1. The van der Waals surface area contributed by atoms with E-state index in [1.165, 1.54) is 25.3 Å². The van der Waals surface area contributed by atoms with Crippen molar-refractivity contribution in [3.8, 4) is 0 Å². The third kappa shape index (κ3) is 5.82. The molecular formula is C22H22ClFN4O3. The summed E-state index contributed by atoms with van der Waals surface area (Å²) in [6, 6.07) is 9.96. The first kappa shape index (κ1) is 22.3. The van der Waals surface area contributed by atoms with Crippen LogP contribution in [0.25, 0.3) is 0 Å². The molecule has 3 aromatic rings. The van der Waals surface area contributed by atoms with Crippen LogP contribution in [0, 0.1) is 12.7 Å². The number of benzene rings is 2. The molecular weight excluding hydrogens is 423 g/mol. The maximum absolute atomic E-state index is 14.2. The highest BCUT2D eigenvalue weighted by atomic mass is 35.5. The lowest BCUT2D eigenvalue weighted by Crippen LogP contribution is -2.43. The molecule has 0 aliphatic heterocycles. The molecule has 31 heavy (non-hydrogen) atoms. The molecule has 3 rings (SSSR count). The average Bonchev–Trinajstić information content (AvgIpc) is 3.18. The van der Waals surface area contributed by atoms with Crippen molar-refractivity contribution in [3.63, 3.8) is 0 Å². The van der Waals surface area contributed by atoms with Gasteiger partial charge in [-0.1, -0.05) is 23.7 Å². The molecule has 3 N–H and O–H groups in total. The lowest BCUT2D eigenvalue weighted by molar-refractivity contribution is -0.142. The second-order valence-electron chi connectivity index (χ2n) is 6.90. The summed E-state index contributed by atoms with van der Waals surface area (Å²) >= 11 is 5.89. The van der Waals surface area contributed by atoms with Gasteiger partial charge >= 0.3 is 5.97 Å². The number of H-pyrrole nitrogens is 1. The summed E-state index contributed by atoms with van der Waals surface area (Å²) in [5.41, 5.74) is 2.76. The summed E-state index contributed by atoms with van der Waals surface area (Å²) in [7, 11) is 1.25. The number of nitrogens with zero attached hydrogens (tertiary/aromatic N) is 1. The van der Waals surface area contributed by atoms with Crippen LogP contribution < -0.4 is 10.6 Å². The zero-order valence-electron chi connectivity index (χ0n) is 17.0. The van der Waals surface area contributed by atoms with Gasteiger partial charge in [-0.25, -0.2) is 14.2 Å². The van der Waals surface area contributed by atoms with Gasteiger partial charge in [0.2, 0.25) is 0 Å². The monoisotopic (exact) mass is 444 g/mol. The minimum absolute atomic E-state index is 0.155. The zero-order chi connectivity index (χ0) is 22.4. The van der Waals surface area contributed by atoms with Crippen LogP contribution in [0.15, 0.2) is 48.8 Å². The van der Waals surface area contributed by atoms with Crippen LogP contribution in [0.5, 0.6) is 0 Å². The molecule has 1 amide bonds. The molecule has 162 valence electrons. The van der Waals surface area contributed by atoms with E-state index < -0.39 is 23.7 Å². The number of ether oxygens (including phenoxy) is 1. The van der Waals surface area contributed by atoms with Gasteiger partial charge in [0.25, 0.3) is 5.91 Å². The van der Waals surface area contributed by atoms with E-state index in [9.17, 15) is 14.0 Å². The lowest BCUT2D eigenvalue weighted by atomic mass is 10.1. The van der Waals surface area contributed by atoms with Crippen molar-refractivity contribution in [3.05, 3.63) is 82.1 Å². The van der Waals surface area contributed by atoms with Crippen LogP contribution >= 0.6 is 11.6 Å². The molecule has 0 fully saturated rings. The zero-order valence-corrected chi connectivity index (χ0v) is 17.8. The second kappa shape index (κ2) is 10.1. The number of hydrogen-bond donors (Lipinski definition) is 3. The number of hydrogen-bond acceptors (Lipinski definition) is 5. The Labute approximate surface area is 184 Å². The largest absolute Gasteiger partial charge is 0.467 e. The molecule has 9 heteroatoms. The number of aromatic amines is 1. The van der Waals surface area contributed by atoms with E-state index in [-0.39, 0.29) is 17.7 Å². The summed E-state index contributed by atoms with van der Waals surface area (Å²) < 4.78 is 19.0. The number of imidazole rings is 1. The van der Waals surface area contributed by atoms with Gasteiger partial charge < -0.3 is 20.4 Å². The normalized spacial score (nSPS) is 11.6. The Morgan fingerprint density at radius 1 is 1.23 bits per heavy atom. The van der Waals surface area contributed by atoms with Gasteiger partial charge in [0.15, 0.2) is 0 Å². The molecule has 0 saturated carbocycles. The number of halogens is 2. The van der Waals surface area contributed by atoms with Crippen molar-refractivity contribution < 1.29 is 18.7 Å². The van der Waals surface area contributed by atoms with Gasteiger partial charge in [0, 0.05) is 22.7 Å². The highest BCUT2D eigenvalue weighted by Crippen LogP contribution is 2.18. The van der Waals surface area contributed by atoms with E-state index in [2.05, 4.69) is 20.6 Å². The van der Waals surface area contributed by atoms with E-state index in [1.807, 2.05) is 6.92 Å². The molecule has 0 aliphatic carbocycles. The van der Waals surface area contributed by atoms with Crippen LogP contribution in [-0.4, -0.2) is 35.0 Å². The second-order valence-corrected chi connectivity index (χ2v) is 7.34. The molecule has 1 heterocycles. The first-order valence-electron chi connectivity index (χ1n) is 9.52. The third-order valence-corrected chi connectivity index (χ3v) is 5.01. The number of carbonyl (C=O) groups is 2. The molecule has 1 aromatic heterocycles. The number of methoxy groups -OCH3 is 1. The quantitative estimate of drug-likeness (QED) is 0.461. The van der Waals surface area contributed by atoms with Crippen molar-refractivity contribution in [2.45, 2.75) is 25.9 Å². The predicted octanol–water partition coefficient (Wildman–Crippen LogP) is 3.64. The fourth-order valence-corrected chi connectivity index (χ4v) is 3.11. The van der Waals surface area contributed by atoms with Crippen LogP contribution in [0.2, 0.25) is 5.02 Å². The van der Waals surface area contributed by atoms with Crippen LogP contribution in [-0.2, 0) is 22.5 Å². The van der Waals surface area contributed by atoms with Crippen molar-refractivity contribution in [1.29, 1.82) is 0 Å². The minimum Gasteiger partial charge on any atom is -0.467 e. The van der Waals surface area contributed by atoms with E-state index in [1.54, 1.807) is 30.6 Å². The fraction of sp³-hybridized carbons (Fsp3) is 0.227. The number of anilines is 1. The summed E-state index contributed by atoms with van der Waals surface area (Å²) in [5.74, 6) is -1.61. The highest BCUT2D eigenvalue weighted by Gasteiger charge is 2.23. The molecule has 0 radical (unpaired) electrons. The van der Waals surface area contributed by atoms with Crippen LogP contribution in [0.1, 0.15) is 27.3 Å². The molecule has 1 atom stereocenters. The van der Waals surface area contributed by atoms with Gasteiger partial charge in [-0.05, 0) is 42.8 Å². The molecule has 0 saturated heterocycles. The first-order valence-corrected chi connectivity index (χ1v) is 9.90. The number of aryl methyl sites for hydroxylation is 1. The summed E-state index contributed by atoms with van der Waals surface area (Å²) in [5, 5.41) is 6.17. The third-order valence-electron chi connectivity index (χ3n) is 4.75. The van der Waals surface area contributed by atoms with Gasteiger partial charge in [-0.2, -0.15) is 0 Å². The van der Waals surface area contributed by atoms with Gasteiger partial charge in [0.1, 0.15) is 11.9 Å². The Morgan fingerprint density at radius 3 is 2.61 bits per heavy atom. The number of rotatable bonds is 8. The SMILES string of the molecule is COC(=O)[C@@H](Cc1ccc(Cl)cc1)NC(=O)c1ccc(F)c(NCc2nc[nH]c2C)c1. The fourth-order valence-electron chi connectivity index (χ4n) is 2.98. The first-order chi connectivity index (χ1) is 14.9. The maximum Gasteiger partial charge on any atom is 0.328 e. The van der Waals surface area contributed by atoms with E-state index >= 15 is 0 Å². The predicted molar refractivity (Wildman–Crippen MR) is 115 cm³/mol. The van der Waals surface area contributed by atoms with E-state index in [4.69, 9.17) is 16.3 Å². The Morgan fingerprint density at radius 2 is 1.97 bits per heavy atom. The number of nitrogens with one attached hydrogen (secondary N) is 3. The summed E-state index contributed by atoms with van der Waals surface area (Å²) in [6.45, 7) is 2.15. The number of aromatic nitrogens is 2. The number of carbonyl (C=O) groups excluding carboxylic acids is 2. The van der Waals surface area contributed by atoms with Gasteiger partial charge in [0.05, 0.1) is 31.4 Å². The van der Waals surface area contributed by atoms with Crippen LogP contribution in [0.4, 0.5) is 10.1 Å². The smallest absolute Gasteiger partial charge is 0.328 e. The van der Waals surface area contributed by atoms with Crippen molar-refractivity contribution in [2.75, 3.05) is 12.4 Å². The molecule has 0 spiro atoms. The summed E-state index contributed by atoms with van der Waals surface area (Å²) in [6.07, 6.45) is 1.78. The molecule has 0 unspecified atom stereocenters. The maximum atomic E-state index is 14.2. The van der Waals surface area contributed by atoms with E-state index in [0.29, 0.717) is 11.6 Å². The Bertz CT molecular complexity index is 1070. The van der Waals surface area contributed by atoms with E-state index in [0.717, 1.165) is 17.0 Å². The van der Waals surface area contributed by atoms with Crippen molar-refractivity contribution >= 4 is 29.2 Å². The highest BCUT2D eigenvalue weighted by molar-refractivity contribution is 6.30. The van der Waals surface area contributed by atoms with Crippen molar-refractivity contribution in [1.82, 2.24) is 15.3 Å². The molecule has 7 nitrogen and oxygen atoms in total. The molecule has 2 aromatic carbocycles. The Kier molecular flexibility index (Phi) is 7.25. The Hall–Kier alpha value is -3.39. The topological polar surface area (TPSA) is 96.1 Å². The average molecular weight is 445 g/mol. The Balaban J connectivity index is 1.72. The van der Waals surface area contributed by atoms with Crippen LogP contribution in [0.3, 0.4) is 0 Å². The number of amides is 1. The summed E-state index contributed by atoms with van der Waals surface area (Å²) in [4.78, 5) is 32.1. The van der Waals surface area contributed by atoms with Crippen molar-refractivity contribution in [2.24, 2.45) is 0 Å². The minimum atomic E-state index is -0.910. The molecule has 0 aliphatic rings. The molecule has 0 bridgehead atoms. The van der Waals surface area contributed by atoms with Gasteiger partial charge in [-0.3, -0.25) is 4.79 Å².